The molecule has 1 heterocycles. The second kappa shape index (κ2) is 12.0. The maximum Gasteiger partial charge on any atom is 0.243 e. The maximum absolute atomic E-state index is 13.6. The zero-order chi connectivity index (χ0) is 24.6. The highest BCUT2D eigenvalue weighted by molar-refractivity contribution is 5.90. The molecule has 4 rings (SSSR count). The van der Waals surface area contributed by atoms with Crippen LogP contribution in [-0.4, -0.2) is 62.1 Å². The van der Waals surface area contributed by atoms with Gasteiger partial charge in [0.25, 0.3) is 0 Å². The van der Waals surface area contributed by atoms with Gasteiger partial charge in [-0.05, 0) is 48.2 Å². The van der Waals surface area contributed by atoms with Gasteiger partial charge in [-0.1, -0.05) is 72.8 Å². The van der Waals surface area contributed by atoms with E-state index in [4.69, 9.17) is 4.74 Å². The number of hydrogen-bond acceptors (Lipinski definition) is 4. The molecule has 0 aromatic heterocycles. The van der Waals surface area contributed by atoms with E-state index >= 15 is 0 Å². The second-order valence-corrected chi connectivity index (χ2v) is 9.26. The summed E-state index contributed by atoms with van der Waals surface area (Å²) in [5.41, 5.74) is 2.09. The molecule has 3 aromatic carbocycles. The minimum atomic E-state index is -0.612. The summed E-state index contributed by atoms with van der Waals surface area (Å²) in [5, 5.41) is 8.52. The van der Waals surface area contributed by atoms with Crippen molar-refractivity contribution in [2.75, 3.05) is 27.2 Å². The maximum atomic E-state index is 13.6. The number of fused-ring (bicyclic) bond motifs is 1. The van der Waals surface area contributed by atoms with E-state index in [0.717, 1.165) is 36.0 Å². The van der Waals surface area contributed by atoms with Crippen LogP contribution in [0.5, 0.6) is 0 Å². The second-order valence-electron chi connectivity index (χ2n) is 9.26. The Morgan fingerprint density at radius 1 is 0.971 bits per heavy atom. The van der Waals surface area contributed by atoms with E-state index in [1.54, 1.807) is 19.0 Å². The molecule has 35 heavy (non-hydrogen) atoms. The van der Waals surface area contributed by atoms with Crippen molar-refractivity contribution in [3.8, 4) is 0 Å². The number of benzene rings is 3. The van der Waals surface area contributed by atoms with Crippen LogP contribution in [0.3, 0.4) is 0 Å². The summed E-state index contributed by atoms with van der Waals surface area (Å²) < 4.78 is 5.66. The lowest BCUT2D eigenvalue weighted by Gasteiger charge is -2.31. The molecule has 2 N–H and O–H groups in total. The largest absolute Gasteiger partial charge is 0.376 e. The fourth-order valence-corrected chi connectivity index (χ4v) is 4.69. The molecule has 0 aliphatic carbocycles. The Morgan fingerprint density at radius 3 is 2.43 bits per heavy atom. The number of carbonyl (C=O) groups excluding carboxylic acids is 2. The first-order valence-electron chi connectivity index (χ1n) is 12.4. The number of nitrogens with zero attached hydrogens (tertiary/aromatic N) is 1. The SMILES string of the molecule is CN[C@H](Cc1ccc2ccccc2c1)C(=O)N(C)[C@H](Cc1ccccc1)C(=O)NCC1CCCO1. The summed E-state index contributed by atoms with van der Waals surface area (Å²) in [7, 11) is 3.52. The van der Waals surface area contributed by atoms with E-state index in [1.807, 2.05) is 42.5 Å². The Bertz CT molecular complexity index is 1130. The molecule has 184 valence electrons. The Hall–Kier alpha value is -3.22. The van der Waals surface area contributed by atoms with Gasteiger partial charge in [-0.25, -0.2) is 0 Å². The fourth-order valence-electron chi connectivity index (χ4n) is 4.69. The van der Waals surface area contributed by atoms with Gasteiger partial charge in [0, 0.05) is 26.6 Å². The van der Waals surface area contributed by atoms with Crippen molar-refractivity contribution in [1.82, 2.24) is 15.5 Å². The van der Waals surface area contributed by atoms with Gasteiger partial charge in [0.2, 0.25) is 11.8 Å². The van der Waals surface area contributed by atoms with Gasteiger partial charge in [0.15, 0.2) is 0 Å². The van der Waals surface area contributed by atoms with Crippen LogP contribution in [-0.2, 0) is 27.2 Å². The first-order chi connectivity index (χ1) is 17.0. The van der Waals surface area contributed by atoms with Gasteiger partial charge in [0.1, 0.15) is 6.04 Å². The number of nitrogens with one attached hydrogen (secondary N) is 2. The number of carbonyl (C=O) groups is 2. The fraction of sp³-hybridized carbons (Fsp3) is 0.379. The standard InChI is InChI=1S/C29H35N3O3/c1-30-26(18-22-14-15-23-11-6-7-12-24(23)17-22)29(34)32(2)27(19-21-9-4-3-5-10-21)28(33)31-20-25-13-8-16-35-25/h3-7,9-12,14-15,17,25-27,30H,8,13,16,18-20H2,1-2H3,(H,31,33)/t25?,26-,27-/m1/s1. The van der Waals surface area contributed by atoms with Gasteiger partial charge >= 0.3 is 0 Å². The van der Waals surface area contributed by atoms with Crippen molar-refractivity contribution in [3.05, 3.63) is 83.9 Å². The van der Waals surface area contributed by atoms with Crippen molar-refractivity contribution in [3.63, 3.8) is 0 Å². The number of ether oxygens (including phenoxy) is 1. The molecule has 1 aliphatic rings. The first-order valence-corrected chi connectivity index (χ1v) is 12.4. The quantitative estimate of drug-likeness (QED) is 0.474. The molecule has 0 spiro atoms. The zero-order valence-electron chi connectivity index (χ0n) is 20.6. The van der Waals surface area contributed by atoms with Crippen LogP contribution < -0.4 is 10.6 Å². The van der Waals surface area contributed by atoms with Crippen LogP contribution >= 0.6 is 0 Å². The zero-order valence-corrected chi connectivity index (χ0v) is 20.6. The first kappa shape index (κ1) is 24.9. The molecular weight excluding hydrogens is 438 g/mol. The predicted octanol–water partition coefficient (Wildman–Crippen LogP) is 3.34. The highest BCUT2D eigenvalue weighted by Crippen LogP contribution is 2.18. The minimum absolute atomic E-state index is 0.0512. The summed E-state index contributed by atoms with van der Waals surface area (Å²) in [6.07, 6.45) is 3.01. The molecule has 3 aromatic rings. The highest BCUT2D eigenvalue weighted by Gasteiger charge is 2.31. The Balaban J connectivity index is 1.48. The summed E-state index contributed by atoms with van der Waals surface area (Å²) in [6, 6.07) is 23.3. The van der Waals surface area contributed by atoms with Crippen LogP contribution in [0.15, 0.2) is 72.8 Å². The number of hydrogen-bond donors (Lipinski definition) is 2. The minimum Gasteiger partial charge on any atom is -0.376 e. The molecule has 3 atom stereocenters. The molecule has 0 saturated carbocycles. The molecule has 6 heteroatoms. The van der Waals surface area contributed by atoms with Crippen molar-refractivity contribution in [2.24, 2.45) is 0 Å². The molecule has 1 unspecified atom stereocenters. The third-order valence-electron chi connectivity index (χ3n) is 6.82. The van der Waals surface area contributed by atoms with Crippen molar-refractivity contribution >= 4 is 22.6 Å². The van der Waals surface area contributed by atoms with Crippen LogP contribution in [0, 0.1) is 0 Å². The van der Waals surface area contributed by atoms with Gasteiger partial charge in [0.05, 0.1) is 12.1 Å². The molecule has 0 radical (unpaired) electrons. The van der Waals surface area contributed by atoms with Crippen molar-refractivity contribution in [1.29, 1.82) is 0 Å². The summed E-state index contributed by atoms with van der Waals surface area (Å²) in [5.74, 6) is -0.255. The summed E-state index contributed by atoms with van der Waals surface area (Å²) in [6.45, 7) is 1.21. The van der Waals surface area contributed by atoms with Gasteiger partial charge in [-0.15, -0.1) is 0 Å². The van der Waals surface area contributed by atoms with Crippen LogP contribution in [0.25, 0.3) is 10.8 Å². The third kappa shape index (κ3) is 6.47. The topological polar surface area (TPSA) is 70.7 Å². The Labute approximate surface area is 207 Å². The van der Waals surface area contributed by atoms with E-state index in [1.165, 1.54) is 5.39 Å². The predicted molar refractivity (Wildman–Crippen MR) is 139 cm³/mol. The lowest BCUT2D eigenvalue weighted by molar-refractivity contribution is -0.140. The lowest BCUT2D eigenvalue weighted by Crippen LogP contribution is -2.55. The number of likely N-dealkylation sites (N-methyl/N-ethyl adjacent to an activating group) is 2. The molecule has 1 fully saturated rings. The van der Waals surface area contributed by atoms with E-state index < -0.39 is 12.1 Å². The lowest BCUT2D eigenvalue weighted by atomic mass is 9.99. The average Bonchev–Trinajstić information content (AvgIpc) is 3.42. The van der Waals surface area contributed by atoms with Gasteiger partial charge < -0.3 is 20.3 Å². The molecule has 1 saturated heterocycles. The van der Waals surface area contributed by atoms with E-state index in [-0.39, 0.29) is 17.9 Å². The molecule has 6 nitrogen and oxygen atoms in total. The monoisotopic (exact) mass is 473 g/mol. The highest BCUT2D eigenvalue weighted by atomic mass is 16.5. The summed E-state index contributed by atoms with van der Waals surface area (Å²) >= 11 is 0. The number of rotatable bonds is 10. The average molecular weight is 474 g/mol. The van der Waals surface area contributed by atoms with Crippen LogP contribution in [0.4, 0.5) is 0 Å². The summed E-state index contributed by atoms with van der Waals surface area (Å²) in [4.78, 5) is 28.5. The van der Waals surface area contributed by atoms with Gasteiger partial charge in [-0.2, -0.15) is 0 Å². The third-order valence-corrected chi connectivity index (χ3v) is 6.82. The molecular formula is C29H35N3O3. The van der Waals surface area contributed by atoms with Crippen LogP contribution in [0.2, 0.25) is 0 Å². The Morgan fingerprint density at radius 2 is 1.71 bits per heavy atom. The Kier molecular flexibility index (Phi) is 8.50. The molecule has 1 aliphatic heterocycles. The van der Waals surface area contributed by atoms with E-state index in [2.05, 4.69) is 41.0 Å². The van der Waals surface area contributed by atoms with Crippen LogP contribution in [0.1, 0.15) is 24.0 Å². The van der Waals surface area contributed by atoms with E-state index in [0.29, 0.717) is 19.4 Å². The smallest absolute Gasteiger partial charge is 0.243 e. The molecule has 2 amide bonds. The number of amides is 2. The van der Waals surface area contributed by atoms with Gasteiger partial charge in [-0.3, -0.25) is 9.59 Å². The van der Waals surface area contributed by atoms with E-state index in [9.17, 15) is 9.59 Å². The van der Waals surface area contributed by atoms with Crippen molar-refractivity contribution in [2.45, 2.75) is 43.9 Å². The molecule has 0 bridgehead atoms. The van der Waals surface area contributed by atoms with Crippen molar-refractivity contribution < 1.29 is 14.3 Å². The normalized spacial score (nSPS) is 17.1.